The molecule has 2 aromatic rings. The zero-order chi connectivity index (χ0) is 16.9. The van der Waals surface area contributed by atoms with Gasteiger partial charge in [-0.15, -0.1) is 4.40 Å². The largest absolute Gasteiger partial charge is 0.506 e. The molecule has 0 atom stereocenters. The Labute approximate surface area is 136 Å². The molecule has 0 aliphatic carbocycles. The number of nitrogens with one attached hydrogen (secondary N) is 1. The van der Waals surface area contributed by atoms with E-state index in [9.17, 15) is 18.3 Å². The number of aliphatic hydroxyl groups excluding tert-OH is 1. The van der Waals surface area contributed by atoms with E-state index in [4.69, 9.17) is 0 Å². The zero-order valence-corrected chi connectivity index (χ0v) is 12.8. The number of benzene rings is 1. The van der Waals surface area contributed by atoms with Crippen LogP contribution in [-0.4, -0.2) is 30.3 Å². The maximum Gasteiger partial charge on any atom is 0.286 e. The van der Waals surface area contributed by atoms with Gasteiger partial charge in [0.25, 0.3) is 15.9 Å². The second-order valence-corrected chi connectivity index (χ2v) is 6.62. The van der Waals surface area contributed by atoms with Crippen molar-refractivity contribution < 1.29 is 18.3 Å². The van der Waals surface area contributed by atoms with Crippen molar-refractivity contribution in [1.82, 2.24) is 10.3 Å². The first kappa shape index (κ1) is 14.4. The average molecular weight is 341 g/mol. The third-order valence-corrected chi connectivity index (χ3v) is 4.90. The molecule has 0 spiro atoms. The van der Waals surface area contributed by atoms with Crippen molar-refractivity contribution in [3.63, 3.8) is 0 Å². The summed E-state index contributed by atoms with van der Waals surface area (Å²) >= 11 is 0. The van der Waals surface area contributed by atoms with E-state index in [0.717, 1.165) is 0 Å². The minimum Gasteiger partial charge on any atom is -0.506 e. The van der Waals surface area contributed by atoms with Crippen molar-refractivity contribution >= 4 is 39.0 Å². The fourth-order valence-corrected chi connectivity index (χ4v) is 3.62. The number of para-hydroxylation sites is 1. The summed E-state index contributed by atoms with van der Waals surface area (Å²) in [6.45, 7) is 0. The molecule has 1 aromatic carbocycles. The van der Waals surface area contributed by atoms with Gasteiger partial charge in [-0.05, 0) is 24.3 Å². The van der Waals surface area contributed by atoms with Gasteiger partial charge in [0.15, 0.2) is 11.7 Å². The van der Waals surface area contributed by atoms with E-state index >= 15 is 0 Å². The number of amidine groups is 1. The van der Waals surface area contributed by atoms with E-state index in [2.05, 4.69) is 20.0 Å². The Morgan fingerprint density at radius 2 is 1.88 bits per heavy atom. The van der Waals surface area contributed by atoms with Crippen molar-refractivity contribution in [2.45, 2.75) is 4.90 Å². The van der Waals surface area contributed by atoms with Gasteiger partial charge in [0.05, 0.1) is 11.3 Å². The molecule has 2 aliphatic heterocycles. The number of carbonyl (C=O) groups excluding carboxylic acids is 1. The van der Waals surface area contributed by atoms with Crippen LogP contribution in [0.5, 0.6) is 0 Å². The van der Waals surface area contributed by atoms with E-state index in [0.29, 0.717) is 0 Å². The Kier molecular flexibility index (Phi) is 2.94. The summed E-state index contributed by atoms with van der Waals surface area (Å²) in [6, 6.07) is 9.25. The van der Waals surface area contributed by atoms with E-state index in [-0.39, 0.29) is 33.4 Å². The van der Waals surface area contributed by atoms with E-state index in [1.807, 2.05) is 0 Å². The Morgan fingerprint density at radius 1 is 1.08 bits per heavy atom. The van der Waals surface area contributed by atoms with E-state index in [1.165, 1.54) is 18.3 Å². The zero-order valence-electron chi connectivity index (χ0n) is 12.0. The Morgan fingerprint density at radius 3 is 2.71 bits per heavy atom. The lowest BCUT2D eigenvalue weighted by atomic mass is 10.0. The minimum absolute atomic E-state index is 0.00361. The molecule has 0 unspecified atom stereocenters. The van der Waals surface area contributed by atoms with Crippen molar-refractivity contribution in [2.75, 3.05) is 5.32 Å². The standard InChI is InChI=1S/C15H9N4O4S/c20-12-8-4-3-7-16-13(8)18-15(21)11(12)14-17-9-5-1-2-6-10(9)24(22,23)19-14/h1-7,20H,(H,17,19). The highest BCUT2D eigenvalue weighted by molar-refractivity contribution is 7.90. The number of aliphatic hydroxyl groups is 1. The van der Waals surface area contributed by atoms with Crippen LogP contribution < -0.4 is 10.6 Å². The van der Waals surface area contributed by atoms with Crippen molar-refractivity contribution in [2.24, 2.45) is 4.40 Å². The SMILES string of the molecule is O=C1[N]c2ncccc2C(O)=C1C1=NS(=O)(=O)c2ccccc2N1. The molecule has 0 fully saturated rings. The van der Waals surface area contributed by atoms with Crippen molar-refractivity contribution in [3.05, 3.63) is 53.7 Å². The summed E-state index contributed by atoms with van der Waals surface area (Å²) in [6.07, 6.45) is 1.44. The number of sulfonamides is 1. The molecule has 4 rings (SSSR count). The lowest BCUT2D eigenvalue weighted by Gasteiger charge is -2.22. The van der Waals surface area contributed by atoms with Crippen LogP contribution in [0.15, 0.2) is 57.5 Å². The summed E-state index contributed by atoms with van der Waals surface area (Å²) in [7, 11) is -3.99. The highest BCUT2D eigenvalue weighted by Gasteiger charge is 2.35. The molecule has 2 aliphatic rings. The topological polar surface area (TPSA) is 123 Å². The molecule has 3 heterocycles. The van der Waals surface area contributed by atoms with Gasteiger partial charge in [-0.3, -0.25) is 4.79 Å². The van der Waals surface area contributed by atoms with Gasteiger partial charge < -0.3 is 10.4 Å². The van der Waals surface area contributed by atoms with Crippen LogP contribution in [0.25, 0.3) is 5.76 Å². The molecule has 0 saturated carbocycles. The van der Waals surface area contributed by atoms with Crippen LogP contribution in [0.1, 0.15) is 5.56 Å². The second-order valence-electron chi connectivity index (χ2n) is 5.05. The Hall–Kier alpha value is -3.20. The van der Waals surface area contributed by atoms with Gasteiger partial charge >= 0.3 is 0 Å². The van der Waals surface area contributed by atoms with Gasteiger partial charge in [-0.25, -0.2) is 4.98 Å². The third kappa shape index (κ3) is 2.06. The summed E-state index contributed by atoms with van der Waals surface area (Å²) in [4.78, 5) is 16.1. The number of nitrogens with zero attached hydrogens (tertiary/aromatic N) is 3. The number of carbonyl (C=O) groups is 1. The first-order chi connectivity index (χ1) is 11.5. The number of fused-ring (bicyclic) bond motifs is 2. The molecule has 1 amide bonds. The van der Waals surface area contributed by atoms with Crippen LogP contribution in [0.4, 0.5) is 11.5 Å². The molecule has 1 radical (unpaired) electrons. The lowest BCUT2D eigenvalue weighted by molar-refractivity contribution is -0.116. The molecule has 119 valence electrons. The smallest absolute Gasteiger partial charge is 0.286 e. The number of hydrogen-bond acceptors (Lipinski definition) is 6. The Bertz CT molecular complexity index is 1060. The maximum absolute atomic E-state index is 12.3. The van der Waals surface area contributed by atoms with Crippen LogP contribution >= 0.6 is 0 Å². The molecule has 2 N–H and O–H groups in total. The summed E-state index contributed by atoms with van der Waals surface area (Å²) in [5, 5.41) is 16.9. The molecule has 24 heavy (non-hydrogen) atoms. The first-order valence-corrected chi connectivity index (χ1v) is 8.27. The molecule has 1 aromatic heterocycles. The average Bonchev–Trinajstić information content (AvgIpc) is 2.54. The number of aromatic nitrogens is 1. The highest BCUT2D eigenvalue weighted by Crippen LogP contribution is 2.33. The predicted molar refractivity (Wildman–Crippen MR) is 85.3 cm³/mol. The van der Waals surface area contributed by atoms with Gasteiger partial charge in [-0.2, -0.15) is 13.7 Å². The fourth-order valence-electron chi connectivity index (χ4n) is 2.50. The Balaban J connectivity index is 1.91. The molecule has 0 bridgehead atoms. The fraction of sp³-hybridized carbons (Fsp3) is 0. The molecule has 9 heteroatoms. The molecular weight excluding hydrogens is 332 g/mol. The van der Waals surface area contributed by atoms with Crippen LogP contribution in [0.2, 0.25) is 0 Å². The molecule has 8 nitrogen and oxygen atoms in total. The number of hydrogen-bond donors (Lipinski definition) is 2. The van der Waals surface area contributed by atoms with Crippen LogP contribution in [0, 0.1) is 0 Å². The van der Waals surface area contributed by atoms with Crippen molar-refractivity contribution in [3.8, 4) is 0 Å². The third-order valence-electron chi connectivity index (χ3n) is 3.57. The molecular formula is C15H9N4O4S. The maximum atomic E-state index is 12.3. The lowest BCUT2D eigenvalue weighted by Crippen LogP contribution is -2.32. The van der Waals surface area contributed by atoms with Crippen LogP contribution in [0.3, 0.4) is 0 Å². The quantitative estimate of drug-likeness (QED) is 0.807. The van der Waals surface area contributed by atoms with Crippen molar-refractivity contribution in [1.29, 1.82) is 0 Å². The minimum atomic E-state index is -3.99. The normalized spacial score (nSPS) is 18.0. The van der Waals surface area contributed by atoms with Gasteiger partial charge in [0, 0.05) is 6.20 Å². The predicted octanol–water partition coefficient (Wildman–Crippen LogP) is 1.34. The van der Waals surface area contributed by atoms with E-state index in [1.54, 1.807) is 24.3 Å². The number of pyridine rings is 1. The number of anilines is 1. The van der Waals surface area contributed by atoms with Gasteiger partial charge in [0.2, 0.25) is 0 Å². The summed E-state index contributed by atoms with van der Waals surface area (Å²) in [5.41, 5.74) is 0.189. The second kappa shape index (κ2) is 4.90. The summed E-state index contributed by atoms with van der Waals surface area (Å²) in [5.74, 6) is -1.43. The van der Waals surface area contributed by atoms with Crippen LogP contribution in [-0.2, 0) is 14.8 Å². The van der Waals surface area contributed by atoms with Gasteiger partial charge in [0.1, 0.15) is 16.2 Å². The van der Waals surface area contributed by atoms with Gasteiger partial charge in [-0.1, -0.05) is 12.1 Å². The number of rotatable bonds is 1. The van der Waals surface area contributed by atoms with E-state index < -0.39 is 21.7 Å². The first-order valence-electron chi connectivity index (χ1n) is 6.83. The number of amides is 1. The molecule has 0 saturated heterocycles. The monoisotopic (exact) mass is 341 g/mol. The highest BCUT2D eigenvalue weighted by atomic mass is 32.2. The summed E-state index contributed by atoms with van der Waals surface area (Å²) < 4.78 is 28.2.